The van der Waals surface area contributed by atoms with E-state index in [1.165, 1.54) is 54.4 Å². The molecule has 3 heteroatoms. The van der Waals surface area contributed by atoms with Gasteiger partial charge in [-0.25, -0.2) is 0 Å². The molecule has 3 nitrogen and oxygen atoms in total. The summed E-state index contributed by atoms with van der Waals surface area (Å²) in [6.07, 6.45) is 1.86. The van der Waals surface area contributed by atoms with Crippen LogP contribution in [0.3, 0.4) is 0 Å². The lowest BCUT2D eigenvalue weighted by molar-refractivity contribution is 1.15. The maximum atomic E-state index is 4.58. The lowest BCUT2D eigenvalue weighted by Gasteiger charge is -2.13. The van der Waals surface area contributed by atoms with Gasteiger partial charge in [-0.05, 0) is 47.9 Å². The molecule has 0 spiro atoms. The number of aromatic nitrogens is 3. The van der Waals surface area contributed by atoms with Crippen molar-refractivity contribution in [2.45, 2.75) is 0 Å². The summed E-state index contributed by atoms with van der Waals surface area (Å²) in [6.45, 7) is 0. The summed E-state index contributed by atoms with van der Waals surface area (Å²) in [6, 6.07) is 48.2. The van der Waals surface area contributed by atoms with Crippen LogP contribution in [0, 0.1) is 0 Å². The Morgan fingerprint density at radius 3 is 1.98 bits per heavy atom. The Hall–Kier alpha value is -5.41. The third-order valence-electron chi connectivity index (χ3n) is 8.31. The number of hydrogen-bond donors (Lipinski definition) is 0. The summed E-state index contributed by atoms with van der Waals surface area (Å²) in [5.41, 5.74) is 8.17. The standard InChI is InChI=1S/C37H23N3/c1-2-11-26(12-3-1)40-35-28-13-5-4-9-24(28)16-18-31(35)32-20-19-30-29-14-6-7-15-34(29)39(36(30)37(32)40)27-17-21-33-25(23-27)10-8-22-38-33/h1-23H. The Morgan fingerprint density at radius 2 is 1.07 bits per heavy atom. The van der Waals surface area contributed by atoms with Gasteiger partial charge in [-0.3, -0.25) is 4.98 Å². The molecule has 0 radical (unpaired) electrons. The van der Waals surface area contributed by atoms with Crippen LogP contribution in [0.4, 0.5) is 0 Å². The second kappa shape index (κ2) is 8.05. The Bertz CT molecular complexity index is 2430. The molecule has 0 saturated heterocycles. The molecule has 0 amide bonds. The van der Waals surface area contributed by atoms with Gasteiger partial charge < -0.3 is 9.13 Å². The number of benzene rings is 6. The van der Waals surface area contributed by atoms with E-state index < -0.39 is 0 Å². The summed E-state index contributed by atoms with van der Waals surface area (Å²) in [7, 11) is 0. The molecule has 0 atom stereocenters. The molecule has 0 unspecified atom stereocenters. The quantitative estimate of drug-likeness (QED) is 0.227. The molecule has 0 fully saturated rings. The molecule has 6 aromatic carbocycles. The average molecular weight is 510 g/mol. The van der Waals surface area contributed by atoms with Crippen molar-refractivity contribution in [2.24, 2.45) is 0 Å². The van der Waals surface area contributed by atoms with Crippen molar-refractivity contribution in [3.8, 4) is 11.4 Å². The van der Waals surface area contributed by atoms with Gasteiger partial charge in [-0.2, -0.15) is 0 Å². The van der Waals surface area contributed by atoms with Crippen molar-refractivity contribution in [1.29, 1.82) is 0 Å². The first kappa shape index (κ1) is 21.5. The van der Waals surface area contributed by atoms with Crippen molar-refractivity contribution < 1.29 is 0 Å². The van der Waals surface area contributed by atoms with Gasteiger partial charge in [-0.1, -0.05) is 91.0 Å². The number of hydrogen-bond acceptors (Lipinski definition) is 1. The van der Waals surface area contributed by atoms with E-state index in [1.54, 1.807) is 0 Å². The van der Waals surface area contributed by atoms with E-state index >= 15 is 0 Å². The number of para-hydroxylation sites is 2. The third kappa shape index (κ3) is 2.86. The van der Waals surface area contributed by atoms with Crippen molar-refractivity contribution in [3.05, 3.63) is 140 Å². The summed E-state index contributed by atoms with van der Waals surface area (Å²) >= 11 is 0. The molecule has 0 aliphatic carbocycles. The molecular formula is C37H23N3. The van der Waals surface area contributed by atoms with Crippen LogP contribution in [0.15, 0.2) is 140 Å². The third-order valence-corrected chi connectivity index (χ3v) is 8.31. The lowest BCUT2D eigenvalue weighted by atomic mass is 10.0. The fraction of sp³-hybridized carbons (Fsp3) is 0. The molecule has 0 bridgehead atoms. The van der Waals surface area contributed by atoms with Crippen molar-refractivity contribution in [2.75, 3.05) is 0 Å². The van der Waals surface area contributed by atoms with E-state index in [0.29, 0.717) is 0 Å². The Balaban J connectivity index is 1.57. The summed E-state index contributed by atoms with van der Waals surface area (Å²) < 4.78 is 4.92. The van der Waals surface area contributed by atoms with Crippen molar-refractivity contribution in [1.82, 2.24) is 14.1 Å². The van der Waals surface area contributed by atoms with E-state index in [9.17, 15) is 0 Å². The van der Waals surface area contributed by atoms with Gasteiger partial charge in [0.05, 0.1) is 27.6 Å². The topological polar surface area (TPSA) is 22.8 Å². The number of nitrogens with zero attached hydrogens (tertiary/aromatic N) is 3. The molecule has 40 heavy (non-hydrogen) atoms. The van der Waals surface area contributed by atoms with Crippen LogP contribution < -0.4 is 0 Å². The Kier molecular flexibility index (Phi) is 4.33. The van der Waals surface area contributed by atoms with Gasteiger partial charge in [0.15, 0.2) is 0 Å². The predicted octanol–water partition coefficient (Wildman–Crippen LogP) is 9.58. The summed E-state index contributed by atoms with van der Waals surface area (Å²) in [5, 5.41) is 8.65. The normalized spacial score (nSPS) is 12.0. The van der Waals surface area contributed by atoms with Gasteiger partial charge in [-0.15, -0.1) is 0 Å². The fourth-order valence-corrected chi connectivity index (χ4v) is 6.61. The second-order valence-electron chi connectivity index (χ2n) is 10.4. The molecule has 3 aromatic heterocycles. The van der Waals surface area contributed by atoms with E-state index in [1.807, 2.05) is 12.3 Å². The zero-order valence-corrected chi connectivity index (χ0v) is 21.6. The molecule has 0 aliphatic rings. The highest BCUT2D eigenvalue weighted by Crippen LogP contribution is 2.43. The monoisotopic (exact) mass is 509 g/mol. The molecule has 3 heterocycles. The summed E-state index contributed by atoms with van der Waals surface area (Å²) in [5.74, 6) is 0. The summed E-state index contributed by atoms with van der Waals surface area (Å²) in [4.78, 5) is 4.58. The van der Waals surface area contributed by atoms with Crippen LogP contribution in [0.1, 0.15) is 0 Å². The maximum absolute atomic E-state index is 4.58. The van der Waals surface area contributed by atoms with Crippen LogP contribution in [0.2, 0.25) is 0 Å². The highest BCUT2D eigenvalue weighted by Gasteiger charge is 2.22. The minimum atomic E-state index is 1.00. The molecular weight excluding hydrogens is 486 g/mol. The molecule has 0 N–H and O–H groups in total. The zero-order chi connectivity index (χ0) is 26.2. The first-order valence-electron chi connectivity index (χ1n) is 13.7. The number of fused-ring (bicyclic) bond motifs is 10. The molecule has 186 valence electrons. The van der Waals surface area contributed by atoms with Crippen molar-refractivity contribution in [3.63, 3.8) is 0 Å². The number of pyridine rings is 1. The molecule has 0 aliphatic heterocycles. The molecule has 0 saturated carbocycles. The van der Waals surface area contributed by atoms with Gasteiger partial charge >= 0.3 is 0 Å². The van der Waals surface area contributed by atoms with Crippen molar-refractivity contribution >= 4 is 65.3 Å². The van der Waals surface area contributed by atoms with Gasteiger partial charge in [0.1, 0.15) is 0 Å². The van der Waals surface area contributed by atoms with Crippen LogP contribution in [-0.4, -0.2) is 14.1 Å². The average Bonchev–Trinajstić information content (AvgIpc) is 3.55. The second-order valence-corrected chi connectivity index (χ2v) is 10.4. The van der Waals surface area contributed by atoms with Gasteiger partial charge in [0.25, 0.3) is 0 Å². The Labute approximate surface area is 230 Å². The molecule has 9 aromatic rings. The minimum absolute atomic E-state index is 1.00. The zero-order valence-electron chi connectivity index (χ0n) is 21.6. The maximum Gasteiger partial charge on any atom is 0.0789 e. The van der Waals surface area contributed by atoms with E-state index in [0.717, 1.165) is 22.3 Å². The fourth-order valence-electron chi connectivity index (χ4n) is 6.61. The molecule has 9 rings (SSSR count). The van der Waals surface area contributed by atoms with Crippen LogP contribution >= 0.6 is 0 Å². The minimum Gasteiger partial charge on any atom is -0.307 e. The first-order valence-corrected chi connectivity index (χ1v) is 13.7. The van der Waals surface area contributed by atoms with Crippen LogP contribution in [0.5, 0.6) is 0 Å². The van der Waals surface area contributed by atoms with Gasteiger partial charge in [0, 0.05) is 49.9 Å². The largest absolute Gasteiger partial charge is 0.307 e. The lowest BCUT2D eigenvalue weighted by Crippen LogP contribution is -1.99. The van der Waals surface area contributed by atoms with Crippen LogP contribution in [0.25, 0.3) is 76.7 Å². The van der Waals surface area contributed by atoms with E-state index in [4.69, 9.17) is 0 Å². The predicted molar refractivity (Wildman–Crippen MR) is 168 cm³/mol. The van der Waals surface area contributed by atoms with Crippen LogP contribution in [-0.2, 0) is 0 Å². The number of rotatable bonds is 2. The highest BCUT2D eigenvalue weighted by atomic mass is 15.0. The van der Waals surface area contributed by atoms with E-state index in [-0.39, 0.29) is 0 Å². The Morgan fingerprint density at radius 1 is 0.400 bits per heavy atom. The van der Waals surface area contributed by atoms with Gasteiger partial charge in [0.2, 0.25) is 0 Å². The van der Waals surface area contributed by atoms with E-state index in [2.05, 4.69) is 142 Å². The first-order chi connectivity index (χ1) is 19.9. The smallest absolute Gasteiger partial charge is 0.0789 e. The highest BCUT2D eigenvalue weighted by molar-refractivity contribution is 6.26. The SMILES string of the molecule is c1ccc(-n2c3c4ccccc4ccc3c3ccc4c5ccccc5n(-c5ccc6ncccc6c5)c4c32)cc1.